The van der Waals surface area contributed by atoms with Gasteiger partial charge in [0.1, 0.15) is 0 Å². The lowest BCUT2D eigenvalue weighted by Crippen LogP contribution is -2.33. The Labute approximate surface area is 190 Å². The van der Waals surface area contributed by atoms with E-state index in [1.165, 1.54) is 34.5 Å². The highest BCUT2D eigenvalue weighted by atomic mass is 35.5. The van der Waals surface area contributed by atoms with Crippen LogP contribution in [0.1, 0.15) is 60.9 Å². The van der Waals surface area contributed by atoms with Crippen LogP contribution in [0.25, 0.3) is 0 Å². The first kappa shape index (κ1) is 23.6. The third kappa shape index (κ3) is 6.23. The SMILES string of the molecule is Cc1ccc(Cl)cc1N(CCCC(=O)NC(C)c1ccc2c(c1)CCCC2)S(C)(=O)=O. The van der Waals surface area contributed by atoms with Gasteiger partial charge in [0.15, 0.2) is 0 Å². The molecule has 0 aliphatic heterocycles. The second-order valence-corrected chi connectivity index (χ2v) is 10.7. The average molecular weight is 463 g/mol. The largest absolute Gasteiger partial charge is 0.350 e. The smallest absolute Gasteiger partial charge is 0.232 e. The maximum Gasteiger partial charge on any atom is 0.232 e. The summed E-state index contributed by atoms with van der Waals surface area (Å²) in [6.45, 7) is 4.05. The molecule has 0 saturated carbocycles. The van der Waals surface area contributed by atoms with Crippen molar-refractivity contribution in [3.63, 3.8) is 0 Å². The summed E-state index contributed by atoms with van der Waals surface area (Å²) in [5, 5.41) is 3.53. The highest BCUT2D eigenvalue weighted by molar-refractivity contribution is 7.92. The molecule has 2 aromatic carbocycles. The second-order valence-electron chi connectivity index (χ2n) is 8.39. The molecule has 0 saturated heterocycles. The van der Waals surface area contributed by atoms with Gasteiger partial charge in [0.05, 0.1) is 18.0 Å². The molecule has 0 spiro atoms. The number of carbonyl (C=O) groups is 1. The molecule has 168 valence electrons. The van der Waals surface area contributed by atoms with Crippen molar-refractivity contribution in [2.75, 3.05) is 17.1 Å². The van der Waals surface area contributed by atoms with Gasteiger partial charge >= 0.3 is 0 Å². The van der Waals surface area contributed by atoms with Crippen LogP contribution >= 0.6 is 11.6 Å². The Kier molecular flexibility index (Phi) is 7.65. The third-order valence-corrected chi connectivity index (χ3v) is 7.27. The summed E-state index contributed by atoms with van der Waals surface area (Å²) in [5.41, 5.74) is 5.30. The first-order chi connectivity index (χ1) is 14.6. The van der Waals surface area contributed by atoms with Crippen LogP contribution in [0.15, 0.2) is 36.4 Å². The van der Waals surface area contributed by atoms with E-state index in [1.807, 2.05) is 13.8 Å². The molecule has 0 heterocycles. The standard InChI is InChI=1S/C24H31ClN2O3S/c1-17-10-13-22(25)16-23(17)27(31(3,29)30)14-6-9-24(28)26-18(2)20-12-11-19-7-4-5-8-21(19)15-20/h10-13,15-16,18H,4-9,14H2,1-3H3,(H,26,28). The maximum atomic E-state index is 12.5. The average Bonchev–Trinajstić information content (AvgIpc) is 2.72. The lowest BCUT2D eigenvalue weighted by molar-refractivity contribution is -0.121. The predicted octanol–water partition coefficient (Wildman–Crippen LogP) is 4.95. The van der Waals surface area contributed by atoms with Gasteiger partial charge in [-0.15, -0.1) is 0 Å². The first-order valence-corrected chi connectivity index (χ1v) is 13.0. The zero-order valence-corrected chi connectivity index (χ0v) is 20.0. The molecule has 0 aromatic heterocycles. The summed E-state index contributed by atoms with van der Waals surface area (Å²) in [4.78, 5) is 12.5. The Morgan fingerprint density at radius 3 is 2.55 bits per heavy atom. The summed E-state index contributed by atoms with van der Waals surface area (Å²) >= 11 is 6.07. The van der Waals surface area contributed by atoms with Crippen LogP contribution in [0, 0.1) is 6.92 Å². The van der Waals surface area contributed by atoms with Gasteiger partial charge in [0, 0.05) is 18.0 Å². The number of halogens is 1. The molecule has 1 aliphatic rings. The number of benzene rings is 2. The minimum atomic E-state index is -3.49. The summed E-state index contributed by atoms with van der Waals surface area (Å²) in [5.74, 6) is -0.0820. The highest BCUT2D eigenvalue weighted by Crippen LogP contribution is 2.27. The number of nitrogens with zero attached hydrogens (tertiary/aromatic N) is 1. The molecule has 3 rings (SSSR count). The zero-order chi connectivity index (χ0) is 22.6. The predicted molar refractivity (Wildman–Crippen MR) is 127 cm³/mol. The van der Waals surface area contributed by atoms with E-state index in [4.69, 9.17) is 11.6 Å². The Bertz CT molecular complexity index is 1050. The van der Waals surface area contributed by atoms with Crippen molar-refractivity contribution in [2.45, 2.75) is 58.4 Å². The third-order valence-electron chi connectivity index (χ3n) is 5.86. The van der Waals surface area contributed by atoms with E-state index in [0.29, 0.717) is 17.1 Å². The number of hydrogen-bond donors (Lipinski definition) is 1. The molecule has 1 amide bonds. The number of hydrogen-bond acceptors (Lipinski definition) is 3. The molecular formula is C24H31ClN2O3S. The second kappa shape index (κ2) is 10.0. The molecule has 1 aliphatic carbocycles. The van der Waals surface area contributed by atoms with E-state index in [1.54, 1.807) is 18.2 Å². The van der Waals surface area contributed by atoms with Crippen molar-refractivity contribution < 1.29 is 13.2 Å². The van der Waals surface area contributed by atoms with Crippen LogP contribution in [0.3, 0.4) is 0 Å². The topological polar surface area (TPSA) is 66.5 Å². The number of sulfonamides is 1. The van der Waals surface area contributed by atoms with Gasteiger partial charge in [-0.1, -0.05) is 35.9 Å². The van der Waals surface area contributed by atoms with E-state index in [0.717, 1.165) is 24.0 Å². The van der Waals surface area contributed by atoms with Gasteiger partial charge in [-0.2, -0.15) is 0 Å². The normalized spacial score (nSPS) is 14.6. The molecule has 1 atom stereocenters. The maximum absolute atomic E-state index is 12.5. The van der Waals surface area contributed by atoms with Crippen molar-refractivity contribution in [3.05, 3.63) is 63.7 Å². The zero-order valence-electron chi connectivity index (χ0n) is 18.4. The number of aryl methyl sites for hydroxylation is 3. The van der Waals surface area contributed by atoms with Gasteiger partial charge in [0.2, 0.25) is 15.9 Å². The number of amides is 1. The molecule has 1 unspecified atom stereocenters. The van der Waals surface area contributed by atoms with Crippen LogP contribution in [0.5, 0.6) is 0 Å². The Balaban J connectivity index is 1.58. The number of anilines is 1. The molecular weight excluding hydrogens is 432 g/mol. The molecule has 0 radical (unpaired) electrons. The van der Waals surface area contributed by atoms with Gasteiger partial charge in [0.25, 0.3) is 0 Å². The minimum absolute atomic E-state index is 0.0820. The Morgan fingerprint density at radius 2 is 1.84 bits per heavy atom. The summed E-state index contributed by atoms with van der Waals surface area (Å²) in [6, 6.07) is 11.6. The first-order valence-electron chi connectivity index (χ1n) is 10.8. The molecule has 1 N–H and O–H groups in total. The fraction of sp³-hybridized carbons (Fsp3) is 0.458. The van der Waals surface area contributed by atoms with Gasteiger partial charge in [-0.05, 0) is 80.3 Å². The fourth-order valence-electron chi connectivity index (χ4n) is 4.12. The lowest BCUT2D eigenvalue weighted by atomic mass is 9.89. The van der Waals surface area contributed by atoms with E-state index in [9.17, 15) is 13.2 Å². The van der Waals surface area contributed by atoms with E-state index >= 15 is 0 Å². The van der Waals surface area contributed by atoms with E-state index in [-0.39, 0.29) is 24.9 Å². The van der Waals surface area contributed by atoms with Crippen LogP contribution in [0.4, 0.5) is 5.69 Å². The van der Waals surface area contributed by atoms with Gasteiger partial charge in [-0.25, -0.2) is 8.42 Å². The van der Waals surface area contributed by atoms with Crippen LogP contribution in [-0.4, -0.2) is 27.1 Å². The van der Waals surface area contributed by atoms with Crippen molar-refractivity contribution >= 4 is 33.2 Å². The van der Waals surface area contributed by atoms with Crippen molar-refractivity contribution in [1.29, 1.82) is 0 Å². The molecule has 2 aromatic rings. The lowest BCUT2D eigenvalue weighted by Gasteiger charge is -2.24. The number of nitrogens with one attached hydrogen (secondary N) is 1. The quantitative estimate of drug-likeness (QED) is 0.603. The Hall–Kier alpha value is -2.05. The summed E-state index contributed by atoms with van der Waals surface area (Å²) < 4.78 is 26.0. The number of carbonyl (C=O) groups excluding carboxylic acids is 1. The van der Waals surface area contributed by atoms with Crippen LogP contribution in [-0.2, 0) is 27.7 Å². The van der Waals surface area contributed by atoms with E-state index < -0.39 is 10.0 Å². The van der Waals surface area contributed by atoms with Gasteiger partial charge < -0.3 is 5.32 Å². The molecule has 31 heavy (non-hydrogen) atoms. The monoisotopic (exact) mass is 462 g/mol. The van der Waals surface area contributed by atoms with Crippen LogP contribution < -0.4 is 9.62 Å². The molecule has 0 fully saturated rings. The molecule has 0 bridgehead atoms. The summed E-state index contributed by atoms with van der Waals surface area (Å²) in [6.07, 6.45) is 6.56. The Morgan fingerprint density at radius 1 is 1.13 bits per heavy atom. The van der Waals surface area contributed by atoms with Crippen molar-refractivity contribution in [3.8, 4) is 0 Å². The van der Waals surface area contributed by atoms with Gasteiger partial charge in [-0.3, -0.25) is 9.10 Å². The van der Waals surface area contributed by atoms with E-state index in [2.05, 4.69) is 23.5 Å². The van der Waals surface area contributed by atoms with Crippen molar-refractivity contribution in [2.24, 2.45) is 0 Å². The minimum Gasteiger partial charge on any atom is -0.350 e. The van der Waals surface area contributed by atoms with Crippen LogP contribution in [0.2, 0.25) is 5.02 Å². The fourth-order valence-corrected chi connectivity index (χ4v) is 5.30. The highest BCUT2D eigenvalue weighted by Gasteiger charge is 2.20. The number of rotatable bonds is 8. The summed E-state index contributed by atoms with van der Waals surface area (Å²) in [7, 11) is -3.49. The number of fused-ring (bicyclic) bond motifs is 1. The molecule has 5 nitrogen and oxygen atoms in total. The van der Waals surface area contributed by atoms with Crippen molar-refractivity contribution in [1.82, 2.24) is 5.32 Å². The molecule has 7 heteroatoms.